The summed E-state index contributed by atoms with van der Waals surface area (Å²) in [7, 11) is 0. The average molecular weight is 292 g/mol. The van der Waals surface area contributed by atoms with Crippen molar-refractivity contribution in [3.05, 3.63) is 35.6 Å². The molecule has 0 bridgehead atoms. The number of carbonyl (C=O) groups is 2. The maximum Gasteiger partial charge on any atom is 0.246 e. The van der Waals surface area contributed by atoms with Gasteiger partial charge in [0.15, 0.2) is 0 Å². The van der Waals surface area contributed by atoms with Crippen LogP contribution in [0.25, 0.3) is 0 Å². The molecule has 0 saturated carbocycles. The molecular weight excluding hydrogens is 271 g/mol. The third-order valence-corrected chi connectivity index (χ3v) is 3.99. The Morgan fingerprint density at radius 2 is 2.10 bits per heavy atom. The summed E-state index contributed by atoms with van der Waals surface area (Å²) in [5, 5.41) is 2.76. The molecule has 0 spiro atoms. The maximum atomic E-state index is 13.4. The molecule has 21 heavy (non-hydrogen) atoms. The molecule has 1 aromatic rings. The summed E-state index contributed by atoms with van der Waals surface area (Å²) < 4.78 is 13.4. The van der Waals surface area contributed by atoms with Crippen LogP contribution in [0.5, 0.6) is 0 Å². The Morgan fingerprint density at radius 1 is 1.38 bits per heavy atom. The van der Waals surface area contributed by atoms with E-state index < -0.39 is 12.1 Å². The van der Waals surface area contributed by atoms with Crippen LogP contribution in [0.1, 0.15) is 45.2 Å². The summed E-state index contributed by atoms with van der Waals surface area (Å²) in [5.74, 6) is -0.594. The van der Waals surface area contributed by atoms with Crippen molar-refractivity contribution in [2.24, 2.45) is 0 Å². The van der Waals surface area contributed by atoms with Gasteiger partial charge in [0.1, 0.15) is 17.9 Å². The van der Waals surface area contributed by atoms with Gasteiger partial charge in [-0.15, -0.1) is 0 Å². The summed E-state index contributed by atoms with van der Waals surface area (Å²) in [6.45, 7) is 5.49. The van der Waals surface area contributed by atoms with Crippen molar-refractivity contribution >= 4 is 11.8 Å². The van der Waals surface area contributed by atoms with E-state index in [1.165, 1.54) is 12.1 Å². The molecule has 1 N–H and O–H groups in total. The zero-order valence-corrected chi connectivity index (χ0v) is 12.6. The van der Waals surface area contributed by atoms with Gasteiger partial charge in [-0.25, -0.2) is 4.39 Å². The smallest absolute Gasteiger partial charge is 0.246 e. The van der Waals surface area contributed by atoms with E-state index >= 15 is 0 Å². The first-order chi connectivity index (χ1) is 9.95. The summed E-state index contributed by atoms with van der Waals surface area (Å²) >= 11 is 0. The van der Waals surface area contributed by atoms with Gasteiger partial charge in [0.2, 0.25) is 11.8 Å². The fourth-order valence-corrected chi connectivity index (χ4v) is 2.79. The number of piperazine rings is 1. The van der Waals surface area contributed by atoms with E-state index in [4.69, 9.17) is 0 Å². The largest absolute Gasteiger partial charge is 0.343 e. The van der Waals surface area contributed by atoms with Gasteiger partial charge in [0.05, 0.1) is 6.04 Å². The number of rotatable bonds is 4. The summed E-state index contributed by atoms with van der Waals surface area (Å²) in [5.41, 5.74) is 0.695. The number of halogens is 1. The number of amides is 2. The highest BCUT2D eigenvalue weighted by Crippen LogP contribution is 2.27. The zero-order valence-electron chi connectivity index (χ0n) is 12.6. The topological polar surface area (TPSA) is 49.4 Å². The van der Waals surface area contributed by atoms with E-state index in [2.05, 4.69) is 5.32 Å². The molecule has 2 rings (SSSR count). The number of nitrogens with zero attached hydrogens (tertiary/aromatic N) is 1. The fraction of sp³-hybridized carbons (Fsp3) is 0.500. The number of nitrogens with one attached hydrogen (secondary N) is 1. The quantitative estimate of drug-likeness (QED) is 0.926. The molecule has 1 aromatic carbocycles. The van der Waals surface area contributed by atoms with Gasteiger partial charge < -0.3 is 10.2 Å². The highest BCUT2D eigenvalue weighted by molar-refractivity contribution is 5.96. The summed E-state index contributed by atoms with van der Waals surface area (Å²) in [6, 6.07) is 4.79. The average Bonchev–Trinajstić information content (AvgIpc) is 2.45. The van der Waals surface area contributed by atoms with Gasteiger partial charge in [0.25, 0.3) is 0 Å². The number of carbonyl (C=O) groups excluding carboxylic acids is 2. The lowest BCUT2D eigenvalue weighted by Gasteiger charge is -2.41. The van der Waals surface area contributed by atoms with Crippen molar-refractivity contribution in [1.82, 2.24) is 10.2 Å². The van der Waals surface area contributed by atoms with Crippen LogP contribution in [0.15, 0.2) is 24.3 Å². The first kappa shape index (κ1) is 15.5. The molecule has 0 aliphatic carbocycles. The van der Waals surface area contributed by atoms with E-state index in [1.807, 2.05) is 13.8 Å². The monoisotopic (exact) mass is 292 g/mol. The molecule has 5 heteroatoms. The lowest BCUT2D eigenvalue weighted by atomic mass is 9.99. The van der Waals surface area contributed by atoms with E-state index in [9.17, 15) is 14.0 Å². The van der Waals surface area contributed by atoms with Crippen LogP contribution in [-0.4, -0.2) is 28.8 Å². The van der Waals surface area contributed by atoms with E-state index in [1.54, 1.807) is 24.0 Å². The summed E-state index contributed by atoms with van der Waals surface area (Å²) in [6.07, 6.45) is 1.43. The molecule has 0 radical (unpaired) electrons. The first-order valence-corrected chi connectivity index (χ1v) is 7.33. The minimum absolute atomic E-state index is 0.0966. The van der Waals surface area contributed by atoms with Crippen molar-refractivity contribution in [3.63, 3.8) is 0 Å². The third-order valence-electron chi connectivity index (χ3n) is 3.99. The highest BCUT2D eigenvalue weighted by atomic mass is 19.1. The molecule has 1 fully saturated rings. The molecule has 1 aliphatic heterocycles. The molecule has 3 atom stereocenters. The van der Waals surface area contributed by atoms with Gasteiger partial charge in [-0.05, 0) is 38.0 Å². The van der Waals surface area contributed by atoms with Crippen LogP contribution < -0.4 is 5.32 Å². The maximum absolute atomic E-state index is 13.4. The predicted octanol–water partition coefficient (Wildman–Crippen LogP) is 2.40. The lowest BCUT2D eigenvalue weighted by Crippen LogP contribution is -2.62. The van der Waals surface area contributed by atoms with Crippen LogP contribution >= 0.6 is 0 Å². The molecule has 1 aliphatic rings. The van der Waals surface area contributed by atoms with Crippen LogP contribution in [0.3, 0.4) is 0 Å². The number of hydrogen-bond acceptors (Lipinski definition) is 2. The van der Waals surface area contributed by atoms with Crippen molar-refractivity contribution in [3.8, 4) is 0 Å². The second kappa shape index (κ2) is 6.24. The molecule has 2 amide bonds. The molecular formula is C16H21FN2O2. The van der Waals surface area contributed by atoms with Crippen molar-refractivity contribution < 1.29 is 14.0 Å². The van der Waals surface area contributed by atoms with Crippen molar-refractivity contribution in [2.75, 3.05) is 0 Å². The van der Waals surface area contributed by atoms with Crippen LogP contribution in [0.4, 0.5) is 4.39 Å². The van der Waals surface area contributed by atoms with Crippen molar-refractivity contribution in [2.45, 2.75) is 51.7 Å². The Hall–Kier alpha value is -1.91. The van der Waals surface area contributed by atoms with Crippen LogP contribution in [0.2, 0.25) is 0 Å². The molecule has 0 aromatic heterocycles. The SMILES string of the molecule is CCCC1NC(=O)C(C)N(C(C)c2cccc(F)c2)C1=O. The summed E-state index contributed by atoms with van der Waals surface area (Å²) in [4.78, 5) is 26.2. The van der Waals surface area contributed by atoms with Gasteiger partial charge >= 0.3 is 0 Å². The number of hydrogen-bond donors (Lipinski definition) is 1. The van der Waals surface area contributed by atoms with E-state index in [-0.39, 0.29) is 23.7 Å². The molecule has 114 valence electrons. The Kier molecular flexibility index (Phi) is 4.60. The van der Waals surface area contributed by atoms with E-state index in [0.29, 0.717) is 12.0 Å². The molecule has 1 heterocycles. The Labute approximate surface area is 124 Å². The third kappa shape index (κ3) is 3.06. The minimum Gasteiger partial charge on any atom is -0.343 e. The Bertz CT molecular complexity index is 547. The second-order valence-electron chi connectivity index (χ2n) is 5.50. The van der Waals surface area contributed by atoms with Gasteiger partial charge in [-0.3, -0.25) is 9.59 Å². The molecule has 3 unspecified atom stereocenters. The second-order valence-corrected chi connectivity index (χ2v) is 5.50. The minimum atomic E-state index is -0.552. The fourth-order valence-electron chi connectivity index (χ4n) is 2.79. The Balaban J connectivity index is 2.30. The van der Waals surface area contributed by atoms with Crippen LogP contribution in [0, 0.1) is 5.82 Å². The van der Waals surface area contributed by atoms with Crippen LogP contribution in [-0.2, 0) is 9.59 Å². The standard InChI is InChI=1S/C16H21FN2O2/c1-4-6-14-16(21)19(11(3)15(20)18-14)10(2)12-7-5-8-13(17)9-12/h5,7-11,14H,4,6H2,1-3H3,(H,18,20). The molecule has 1 saturated heterocycles. The Morgan fingerprint density at radius 3 is 2.71 bits per heavy atom. The number of benzene rings is 1. The van der Waals surface area contributed by atoms with Gasteiger partial charge in [0, 0.05) is 0 Å². The molecule has 4 nitrogen and oxygen atoms in total. The first-order valence-electron chi connectivity index (χ1n) is 7.33. The normalized spacial score (nSPS) is 23.9. The predicted molar refractivity (Wildman–Crippen MR) is 78.0 cm³/mol. The van der Waals surface area contributed by atoms with Gasteiger partial charge in [-0.2, -0.15) is 0 Å². The van der Waals surface area contributed by atoms with E-state index in [0.717, 1.165) is 6.42 Å². The zero-order chi connectivity index (χ0) is 15.6. The highest BCUT2D eigenvalue weighted by Gasteiger charge is 2.40. The lowest BCUT2D eigenvalue weighted by molar-refractivity contribution is -0.151. The van der Waals surface area contributed by atoms with Crippen molar-refractivity contribution in [1.29, 1.82) is 0 Å². The van der Waals surface area contributed by atoms with Gasteiger partial charge in [-0.1, -0.05) is 25.5 Å².